The highest BCUT2D eigenvalue weighted by atomic mass is 32.2. The highest BCUT2D eigenvalue weighted by Crippen LogP contribution is 2.31. The van der Waals surface area contributed by atoms with Gasteiger partial charge in [-0.3, -0.25) is 4.72 Å². The van der Waals surface area contributed by atoms with Gasteiger partial charge in [0.1, 0.15) is 5.82 Å². The van der Waals surface area contributed by atoms with Crippen molar-refractivity contribution < 1.29 is 21.6 Å². The molecule has 1 aromatic carbocycles. The molecule has 0 amide bonds. The molecule has 0 radical (unpaired) electrons. The first-order valence-electron chi connectivity index (χ1n) is 7.60. The summed E-state index contributed by atoms with van der Waals surface area (Å²) in [5, 5.41) is 2.80. The van der Waals surface area contributed by atoms with Crippen LogP contribution in [0.3, 0.4) is 0 Å². The summed E-state index contributed by atoms with van der Waals surface area (Å²) in [6.07, 6.45) is -1.77. The lowest BCUT2D eigenvalue weighted by atomic mass is 10.2. The Bertz CT molecular complexity index is 806. The van der Waals surface area contributed by atoms with Crippen molar-refractivity contribution in [1.29, 1.82) is 0 Å². The Kier molecular flexibility index (Phi) is 5.89. The smallest absolute Gasteiger partial charge is 0.354 e. The van der Waals surface area contributed by atoms with Gasteiger partial charge in [0, 0.05) is 5.69 Å². The summed E-state index contributed by atoms with van der Waals surface area (Å²) in [7, 11) is -3.45. The standard InChI is InChI=1S/C16H18F3N3O2S/c1-2-3-9-25(23,24)22-15-8-7-14(11-20-15)21-13-6-4-5-12(10-13)16(17,18)19/h4-8,10-11,21H,2-3,9H2,1H3,(H,20,22). The van der Waals surface area contributed by atoms with Crippen LogP contribution in [-0.2, 0) is 16.2 Å². The fourth-order valence-corrected chi connectivity index (χ4v) is 3.22. The van der Waals surface area contributed by atoms with Crippen LogP contribution in [0.4, 0.5) is 30.4 Å². The largest absolute Gasteiger partial charge is 0.416 e. The summed E-state index contributed by atoms with van der Waals surface area (Å²) in [6.45, 7) is 1.89. The zero-order valence-electron chi connectivity index (χ0n) is 13.5. The molecule has 0 unspecified atom stereocenters. The number of pyridine rings is 1. The predicted molar refractivity (Wildman–Crippen MR) is 91.3 cm³/mol. The van der Waals surface area contributed by atoms with Gasteiger partial charge in [-0.25, -0.2) is 13.4 Å². The van der Waals surface area contributed by atoms with Crippen molar-refractivity contribution in [3.63, 3.8) is 0 Å². The van der Waals surface area contributed by atoms with Crippen LogP contribution in [0.2, 0.25) is 0 Å². The summed E-state index contributed by atoms with van der Waals surface area (Å²) >= 11 is 0. The van der Waals surface area contributed by atoms with Gasteiger partial charge in [0.15, 0.2) is 0 Å². The number of sulfonamides is 1. The van der Waals surface area contributed by atoms with Crippen molar-refractivity contribution in [2.45, 2.75) is 25.9 Å². The summed E-state index contributed by atoms with van der Waals surface area (Å²) in [5.74, 6) is 0.167. The number of benzene rings is 1. The monoisotopic (exact) mass is 373 g/mol. The molecule has 2 rings (SSSR count). The number of hydrogen-bond donors (Lipinski definition) is 2. The van der Waals surface area contributed by atoms with E-state index in [-0.39, 0.29) is 17.3 Å². The Hall–Kier alpha value is -2.29. The van der Waals surface area contributed by atoms with Crippen LogP contribution in [0.5, 0.6) is 0 Å². The molecule has 5 nitrogen and oxygen atoms in total. The van der Waals surface area contributed by atoms with E-state index in [0.29, 0.717) is 12.1 Å². The van der Waals surface area contributed by atoms with Crippen LogP contribution < -0.4 is 10.0 Å². The zero-order valence-corrected chi connectivity index (χ0v) is 14.3. The van der Waals surface area contributed by atoms with E-state index in [0.717, 1.165) is 18.6 Å². The van der Waals surface area contributed by atoms with Gasteiger partial charge in [0.2, 0.25) is 10.0 Å². The number of halogens is 3. The predicted octanol–water partition coefficient (Wildman–Crippen LogP) is 4.39. The number of unbranched alkanes of at least 4 members (excludes halogenated alkanes) is 1. The number of anilines is 3. The molecule has 0 atom stereocenters. The first-order valence-corrected chi connectivity index (χ1v) is 9.25. The van der Waals surface area contributed by atoms with Gasteiger partial charge >= 0.3 is 6.18 Å². The minimum Gasteiger partial charge on any atom is -0.354 e. The highest BCUT2D eigenvalue weighted by Gasteiger charge is 2.30. The van der Waals surface area contributed by atoms with Crippen LogP contribution in [0, 0.1) is 0 Å². The summed E-state index contributed by atoms with van der Waals surface area (Å²) in [6, 6.07) is 7.74. The van der Waals surface area contributed by atoms with E-state index in [1.165, 1.54) is 30.5 Å². The molecule has 2 aromatic rings. The summed E-state index contributed by atoms with van der Waals surface area (Å²) in [5.41, 5.74) is -0.0607. The molecule has 0 saturated heterocycles. The van der Waals surface area contributed by atoms with Gasteiger partial charge in [-0.2, -0.15) is 13.2 Å². The van der Waals surface area contributed by atoms with E-state index in [4.69, 9.17) is 0 Å². The lowest BCUT2D eigenvalue weighted by molar-refractivity contribution is -0.137. The average Bonchev–Trinajstić information content (AvgIpc) is 2.54. The fraction of sp³-hybridized carbons (Fsp3) is 0.312. The van der Waals surface area contributed by atoms with Crippen molar-refractivity contribution in [3.8, 4) is 0 Å². The minimum atomic E-state index is -4.42. The molecule has 9 heteroatoms. The van der Waals surface area contributed by atoms with Gasteiger partial charge < -0.3 is 5.32 Å². The lowest BCUT2D eigenvalue weighted by Gasteiger charge is -2.11. The second-order valence-corrected chi connectivity index (χ2v) is 7.25. The molecule has 0 aliphatic rings. The molecule has 0 aliphatic heterocycles. The number of nitrogens with zero attached hydrogens (tertiary/aromatic N) is 1. The Morgan fingerprint density at radius 3 is 2.48 bits per heavy atom. The van der Waals surface area contributed by atoms with Crippen molar-refractivity contribution in [1.82, 2.24) is 4.98 Å². The Labute approximate surface area is 144 Å². The van der Waals surface area contributed by atoms with E-state index >= 15 is 0 Å². The molecule has 0 bridgehead atoms. The fourth-order valence-electron chi connectivity index (χ4n) is 2.01. The topological polar surface area (TPSA) is 71.1 Å². The van der Waals surface area contributed by atoms with E-state index in [1.54, 1.807) is 0 Å². The zero-order chi connectivity index (χ0) is 18.5. The molecule has 1 heterocycles. The minimum absolute atomic E-state index is 0.00934. The highest BCUT2D eigenvalue weighted by molar-refractivity contribution is 7.92. The molecule has 136 valence electrons. The van der Waals surface area contributed by atoms with Crippen LogP contribution in [0.25, 0.3) is 0 Å². The lowest BCUT2D eigenvalue weighted by Crippen LogP contribution is -2.17. The number of hydrogen-bond acceptors (Lipinski definition) is 4. The maximum absolute atomic E-state index is 12.7. The molecular weight excluding hydrogens is 355 g/mol. The van der Waals surface area contributed by atoms with E-state index in [1.807, 2.05) is 6.92 Å². The molecule has 25 heavy (non-hydrogen) atoms. The van der Waals surface area contributed by atoms with Crippen molar-refractivity contribution >= 4 is 27.2 Å². The molecule has 1 aromatic heterocycles. The van der Waals surface area contributed by atoms with E-state index in [2.05, 4.69) is 15.0 Å². The SMILES string of the molecule is CCCCS(=O)(=O)Nc1ccc(Nc2cccc(C(F)(F)F)c2)cn1. The third kappa shape index (κ3) is 5.93. The second-order valence-electron chi connectivity index (χ2n) is 5.41. The molecular formula is C16H18F3N3O2S. The van der Waals surface area contributed by atoms with E-state index < -0.39 is 21.8 Å². The Balaban J connectivity index is 2.06. The molecule has 2 N–H and O–H groups in total. The average molecular weight is 373 g/mol. The van der Waals surface area contributed by atoms with Crippen molar-refractivity contribution in [3.05, 3.63) is 48.2 Å². The summed E-state index contributed by atoms with van der Waals surface area (Å²) < 4.78 is 64.0. The molecule has 0 saturated carbocycles. The van der Waals surface area contributed by atoms with E-state index in [9.17, 15) is 21.6 Å². The first-order chi connectivity index (χ1) is 11.7. The number of rotatable bonds is 7. The third-order valence-corrected chi connectivity index (χ3v) is 4.62. The van der Waals surface area contributed by atoms with Gasteiger partial charge in [0.25, 0.3) is 0 Å². The second kappa shape index (κ2) is 7.73. The van der Waals surface area contributed by atoms with Gasteiger partial charge in [-0.15, -0.1) is 0 Å². The maximum atomic E-state index is 12.7. The molecule has 0 spiro atoms. The van der Waals surface area contributed by atoms with Crippen molar-refractivity contribution in [2.75, 3.05) is 15.8 Å². The first kappa shape index (κ1) is 19.0. The Morgan fingerprint density at radius 1 is 1.12 bits per heavy atom. The number of nitrogens with one attached hydrogen (secondary N) is 2. The van der Waals surface area contributed by atoms with Gasteiger partial charge in [-0.1, -0.05) is 19.4 Å². The van der Waals surface area contributed by atoms with Crippen LogP contribution in [-0.4, -0.2) is 19.2 Å². The van der Waals surface area contributed by atoms with Gasteiger partial charge in [-0.05, 0) is 36.8 Å². The Morgan fingerprint density at radius 2 is 1.88 bits per heavy atom. The molecule has 0 aliphatic carbocycles. The number of aromatic nitrogens is 1. The van der Waals surface area contributed by atoms with Crippen LogP contribution >= 0.6 is 0 Å². The quantitative estimate of drug-likeness (QED) is 0.755. The molecule has 0 fully saturated rings. The van der Waals surface area contributed by atoms with Crippen LogP contribution in [0.1, 0.15) is 25.3 Å². The maximum Gasteiger partial charge on any atom is 0.416 e. The number of alkyl halides is 3. The van der Waals surface area contributed by atoms with Crippen LogP contribution in [0.15, 0.2) is 42.6 Å². The van der Waals surface area contributed by atoms with Gasteiger partial charge in [0.05, 0.1) is 23.2 Å². The normalized spacial score (nSPS) is 12.0. The van der Waals surface area contributed by atoms with Crippen molar-refractivity contribution in [2.24, 2.45) is 0 Å². The summed E-state index contributed by atoms with van der Waals surface area (Å²) in [4.78, 5) is 3.96. The third-order valence-electron chi connectivity index (χ3n) is 3.27.